The highest BCUT2D eigenvalue weighted by Crippen LogP contribution is 2.21. The second-order valence-electron chi connectivity index (χ2n) is 6.88. The van der Waals surface area contributed by atoms with Gasteiger partial charge in [-0.1, -0.05) is 24.3 Å². The van der Waals surface area contributed by atoms with Gasteiger partial charge in [0.2, 0.25) is 5.91 Å². The van der Waals surface area contributed by atoms with Gasteiger partial charge in [-0.15, -0.1) is 0 Å². The van der Waals surface area contributed by atoms with Gasteiger partial charge < -0.3 is 20.3 Å². The quantitative estimate of drug-likeness (QED) is 0.542. The van der Waals surface area contributed by atoms with E-state index in [-0.39, 0.29) is 5.91 Å². The van der Waals surface area contributed by atoms with Crippen LogP contribution in [0.1, 0.15) is 44.2 Å². The topological polar surface area (TPSA) is 66.0 Å². The highest BCUT2D eigenvalue weighted by Gasteiger charge is 2.23. The first-order valence-electron chi connectivity index (χ1n) is 10.1. The largest absolute Gasteiger partial charge is 0.377 e. The Morgan fingerprint density at radius 1 is 1.22 bits per heavy atom. The maximum absolute atomic E-state index is 11.6. The maximum atomic E-state index is 11.6. The van der Waals surface area contributed by atoms with Crippen molar-refractivity contribution in [1.29, 1.82) is 0 Å². The molecule has 0 radical (unpaired) electrons. The highest BCUT2D eigenvalue weighted by atomic mass is 16.5. The van der Waals surface area contributed by atoms with Gasteiger partial charge in [-0.25, -0.2) is 4.99 Å². The van der Waals surface area contributed by atoms with Crippen LogP contribution in [0.2, 0.25) is 0 Å². The molecule has 2 rings (SSSR count). The molecule has 27 heavy (non-hydrogen) atoms. The van der Waals surface area contributed by atoms with Crippen molar-refractivity contribution in [1.82, 2.24) is 15.5 Å². The van der Waals surface area contributed by atoms with Crippen LogP contribution in [0.3, 0.4) is 0 Å². The van der Waals surface area contributed by atoms with Crippen LogP contribution in [0.5, 0.6) is 0 Å². The zero-order valence-corrected chi connectivity index (χ0v) is 17.0. The van der Waals surface area contributed by atoms with Gasteiger partial charge in [-0.2, -0.15) is 0 Å². The number of nitrogens with one attached hydrogen (secondary N) is 2. The average Bonchev–Trinajstić information content (AvgIpc) is 2.70. The van der Waals surface area contributed by atoms with Crippen molar-refractivity contribution in [2.75, 3.05) is 33.3 Å². The number of aliphatic imine (C=N–C) groups is 1. The summed E-state index contributed by atoms with van der Waals surface area (Å²) in [5, 5.41) is 6.14. The Hall–Kier alpha value is -2.08. The summed E-state index contributed by atoms with van der Waals surface area (Å²) < 4.78 is 5.58. The van der Waals surface area contributed by atoms with Crippen molar-refractivity contribution in [3.05, 3.63) is 35.4 Å². The number of nitrogens with zero attached hydrogens (tertiary/aromatic N) is 2. The zero-order chi connectivity index (χ0) is 19.5. The van der Waals surface area contributed by atoms with E-state index in [0.29, 0.717) is 32.1 Å². The molecule has 1 aromatic rings. The van der Waals surface area contributed by atoms with Crippen molar-refractivity contribution in [3.63, 3.8) is 0 Å². The summed E-state index contributed by atoms with van der Waals surface area (Å²) in [6.07, 6.45) is 2.68. The number of carbonyl (C=O) groups is 1. The number of hydrogen-bond acceptors (Lipinski definition) is 3. The van der Waals surface area contributed by atoms with E-state index in [0.717, 1.165) is 38.4 Å². The standard InChI is InChI=1S/C21H34N4O2/c1-4-23-21(25-12-10-17(11-13-25)14-20(26)22-3)24-15-18-8-6-7-9-19(18)16-27-5-2/h6-9,17H,4-5,10-16H2,1-3H3,(H,22,26)(H,23,24). The number of benzene rings is 1. The van der Waals surface area contributed by atoms with Gasteiger partial charge >= 0.3 is 0 Å². The van der Waals surface area contributed by atoms with E-state index >= 15 is 0 Å². The molecule has 150 valence electrons. The van der Waals surface area contributed by atoms with Crippen LogP contribution in [0.15, 0.2) is 29.3 Å². The molecule has 1 amide bonds. The minimum atomic E-state index is 0.139. The van der Waals surface area contributed by atoms with Crippen LogP contribution >= 0.6 is 0 Å². The van der Waals surface area contributed by atoms with Gasteiger partial charge in [-0.05, 0) is 43.7 Å². The molecule has 1 saturated heterocycles. The molecule has 1 fully saturated rings. The zero-order valence-electron chi connectivity index (χ0n) is 17.0. The van der Waals surface area contributed by atoms with Gasteiger partial charge in [0.1, 0.15) is 0 Å². The molecule has 1 aromatic carbocycles. The number of ether oxygens (including phenoxy) is 1. The number of likely N-dealkylation sites (tertiary alicyclic amines) is 1. The van der Waals surface area contributed by atoms with Crippen molar-refractivity contribution in [2.24, 2.45) is 10.9 Å². The van der Waals surface area contributed by atoms with Crippen LogP contribution in [0.25, 0.3) is 0 Å². The molecule has 0 saturated carbocycles. The van der Waals surface area contributed by atoms with Gasteiger partial charge in [0.05, 0.1) is 13.2 Å². The number of piperidine rings is 1. The SMILES string of the molecule is CCNC(=NCc1ccccc1COCC)N1CCC(CC(=O)NC)CC1. The molecule has 0 spiro atoms. The monoisotopic (exact) mass is 374 g/mol. The van der Waals surface area contributed by atoms with E-state index in [2.05, 4.69) is 40.7 Å². The normalized spacial score (nSPS) is 15.7. The molecule has 0 bridgehead atoms. The first kappa shape index (κ1) is 21.2. The van der Waals surface area contributed by atoms with Crippen LogP contribution in [0.4, 0.5) is 0 Å². The molecule has 0 aliphatic carbocycles. The van der Waals surface area contributed by atoms with Crippen LogP contribution in [-0.2, 0) is 22.7 Å². The summed E-state index contributed by atoms with van der Waals surface area (Å²) in [7, 11) is 1.71. The lowest BCUT2D eigenvalue weighted by atomic mass is 9.93. The van der Waals surface area contributed by atoms with E-state index < -0.39 is 0 Å². The molecular weight excluding hydrogens is 340 g/mol. The molecule has 0 unspecified atom stereocenters. The van der Waals surface area contributed by atoms with E-state index in [1.807, 2.05) is 13.0 Å². The highest BCUT2D eigenvalue weighted by molar-refractivity contribution is 5.80. The van der Waals surface area contributed by atoms with Gasteiger partial charge in [0.15, 0.2) is 5.96 Å². The fourth-order valence-electron chi connectivity index (χ4n) is 3.36. The number of amides is 1. The van der Waals surface area contributed by atoms with Crippen LogP contribution < -0.4 is 10.6 Å². The molecule has 2 N–H and O–H groups in total. The molecule has 1 heterocycles. The lowest BCUT2D eigenvalue weighted by Crippen LogP contribution is -2.46. The molecule has 0 atom stereocenters. The molecule has 0 aromatic heterocycles. The summed E-state index contributed by atoms with van der Waals surface area (Å²) in [5.74, 6) is 1.57. The lowest BCUT2D eigenvalue weighted by Gasteiger charge is -2.34. The minimum absolute atomic E-state index is 0.139. The molecule has 1 aliphatic heterocycles. The summed E-state index contributed by atoms with van der Waals surface area (Å²) in [6.45, 7) is 8.81. The summed E-state index contributed by atoms with van der Waals surface area (Å²) in [5.41, 5.74) is 2.40. The minimum Gasteiger partial charge on any atom is -0.377 e. The summed E-state index contributed by atoms with van der Waals surface area (Å²) >= 11 is 0. The lowest BCUT2D eigenvalue weighted by molar-refractivity contribution is -0.121. The van der Waals surface area contributed by atoms with E-state index in [4.69, 9.17) is 9.73 Å². The predicted octanol–water partition coefficient (Wildman–Crippen LogP) is 2.54. The third-order valence-corrected chi connectivity index (χ3v) is 4.98. The van der Waals surface area contributed by atoms with Crippen molar-refractivity contribution in [2.45, 2.75) is 46.3 Å². The second-order valence-corrected chi connectivity index (χ2v) is 6.88. The molecule has 1 aliphatic rings. The Balaban J connectivity index is 1.98. The third kappa shape index (κ3) is 6.86. The Labute approximate surface area is 163 Å². The Morgan fingerprint density at radius 3 is 2.56 bits per heavy atom. The third-order valence-electron chi connectivity index (χ3n) is 4.98. The summed E-state index contributed by atoms with van der Waals surface area (Å²) in [4.78, 5) is 18.8. The summed E-state index contributed by atoms with van der Waals surface area (Å²) in [6, 6.07) is 8.33. The second kappa shape index (κ2) is 11.6. The van der Waals surface area contributed by atoms with E-state index in [9.17, 15) is 4.79 Å². The Morgan fingerprint density at radius 2 is 1.93 bits per heavy atom. The molecule has 6 heteroatoms. The van der Waals surface area contributed by atoms with E-state index in [1.165, 1.54) is 11.1 Å². The fourth-order valence-corrected chi connectivity index (χ4v) is 3.36. The first-order chi connectivity index (χ1) is 13.2. The first-order valence-corrected chi connectivity index (χ1v) is 10.1. The van der Waals surface area contributed by atoms with Crippen molar-refractivity contribution < 1.29 is 9.53 Å². The van der Waals surface area contributed by atoms with Crippen molar-refractivity contribution in [3.8, 4) is 0 Å². The predicted molar refractivity (Wildman–Crippen MR) is 110 cm³/mol. The van der Waals surface area contributed by atoms with Crippen LogP contribution in [-0.4, -0.2) is 50.1 Å². The van der Waals surface area contributed by atoms with Crippen molar-refractivity contribution >= 4 is 11.9 Å². The molecular formula is C21H34N4O2. The number of hydrogen-bond donors (Lipinski definition) is 2. The fraction of sp³-hybridized carbons (Fsp3) is 0.619. The Kier molecular flexibility index (Phi) is 9.11. The number of carbonyl (C=O) groups excluding carboxylic acids is 1. The average molecular weight is 375 g/mol. The number of rotatable bonds is 8. The van der Waals surface area contributed by atoms with Gasteiger partial charge in [-0.3, -0.25) is 4.79 Å². The van der Waals surface area contributed by atoms with Gasteiger partial charge in [0, 0.05) is 39.7 Å². The Bertz CT molecular complexity index is 610. The smallest absolute Gasteiger partial charge is 0.220 e. The van der Waals surface area contributed by atoms with Crippen LogP contribution in [0, 0.1) is 5.92 Å². The molecule has 6 nitrogen and oxygen atoms in total. The number of guanidine groups is 1. The van der Waals surface area contributed by atoms with E-state index in [1.54, 1.807) is 7.05 Å². The maximum Gasteiger partial charge on any atom is 0.220 e. The van der Waals surface area contributed by atoms with Gasteiger partial charge in [0.25, 0.3) is 0 Å².